The molecule has 0 bridgehead atoms. The fraction of sp³-hybridized carbons (Fsp3) is 0.292. The van der Waals surface area contributed by atoms with Crippen LogP contribution in [0.1, 0.15) is 30.9 Å². The number of H-pyrrole nitrogens is 1. The van der Waals surface area contributed by atoms with Gasteiger partial charge in [0.15, 0.2) is 0 Å². The molecule has 11 heteroatoms. The molecule has 4 N–H and O–H groups in total. The SMILES string of the molecule is CCCC(=O)Oc1ccc2[nH]cc(CC(N)C(=O)OCc3ccccc3)c2c1.O=C(O)C(F)(F)F. The van der Waals surface area contributed by atoms with Crippen LogP contribution in [-0.2, 0) is 32.1 Å². The zero-order valence-electron chi connectivity index (χ0n) is 18.8. The van der Waals surface area contributed by atoms with Crippen molar-refractivity contribution in [3.05, 3.63) is 65.9 Å². The van der Waals surface area contributed by atoms with Crippen LogP contribution >= 0.6 is 0 Å². The molecular weight excluding hydrogens is 469 g/mol. The molecule has 0 fully saturated rings. The van der Waals surface area contributed by atoms with Crippen LogP contribution in [0.3, 0.4) is 0 Å². The van der Waals surface area contributed by atoms with Gasteiger partial charge in [-0.3, -0.25) is 9.59 Å². The van der Waals surface area contributed by atoms with Gasteiger partial charge in [0.2, 0.25) is 0 Å². The molecule has 0 saturated carbocycles. The van der Waals surface area contributed by atoms with Gasteiger partial charge in [0.25, 0.3) is 0 Å². The molecule has 8 nitrogen and oxygen atoms in total. The Kier molecular flexibility index (Phi) is 9.83. The van der Waals surface area contributed by atoms with E-state index in [2.05, 4.69) is 4.98 Å². The van der Waals surface area contributed by atoms with E-state index < -0.39 is 24.2 Å². The third-order valence-electron chi connectivity index (χ3n) is 4.63. The van der Waals surface area contributed by atoms with Gasteiger partial charge in [-0.1, -0.05) is 37.3 Å². The third-order valence-corrected chi connectivity index (χ3v) is 4.63. The molecule has 0 radical (unpaired) electrons. The number of hydrogen-bond acceptors (Lipinski definition) is 6. The summed E-state index contributed by atoms with van der Waals surface area (Å²) >= 11 is 0. The van der Waals surface area contributed by atoms with E-state index in [1.54, 1.807) is 12.1 Å². The standard InChI is InChI=1S/C22H24N2O4.C2HF3O2/c1-2-6-21(25)28-17-9-10-20-18(12-17)16(13-24-20)11-19(23)22(26)27-14-15-7-4-3-5-8-15;3-2(4,5)1(6)7/h3-5,7-10,12-13,19,24H,2,6,11,14,23H2,1H3;(H,6,7). The molecule has 3 rings (SSSR count). The number of carbonyl (C=O) groups is 3. The normalized spacial score (nSPS) is 11.8. The first-order chi connectivity index (χ1) is 16.5. The van der Waals surface area contributed by atoms with Crippen molar-refractivity contribution < 1.29 is 42.1 Å². The number of carboxylic acids is 1. The van der Waals surface area contributed by atoms with Crippen molar-refractivity contribution in [2.24, 2.45) is 5.73 Å². The molecule has 1 atom stereocenters. The minimum atomic E-state index is -5.08. The van der Waals surface area contributed by atoms with Gasteiger partial charge in [-0.15, -0.1) is 0 Å². The van der Waals surface area contributed by atoms with E-state index in [1.165, 1.54) is 0 Å². The van der Waals surface area contributed by atoms with E-state index in [0.29, 0.717) is 18.6 Å². The summed E-state index contributed by atoms with van der Waals surface area (Å²) in [4.78, 5) is 36.0. The minimum Gasteiger partial charge on any atom is -0.475 e. The molecule has 0 saturated heterocycles. The highest BCUT2D eigenvalue weighted by Gasteiger charge is 2.38. The molecule has 1 aromatic heterocycles. The van der Waals surface area contributed by atoms with E-state index >= 15 is 0 Å². The van der Waals surface area contributed by atoms with Gasteiger partial charge >= 0.3 is 24.1 Å². The lowest BCUT2D eigenvalue weighted by Crippen LogP contribution is -2.34. The summed E-state index contributed by atoms with van der Waals surface area (Å²) in [7, 11) is 0. The van der Waals surface area contributed by atoms with Crippen molar-refractivity contribution in [2.45, 2.75) is 45.0 Å². The van der Waals surface area contributed by atoms with Crippen molar-refractivity contribution >= 4 is 28.8 Å². The summed E-state index contributed by atoms with van der Waals surface area (Å²) in [6.45, 7) is 2.12. The molecule has 0 aliphatic heterocycles. The van der Waals surface area contributed by atoms with Gasteiger partial charge in [0, 0.05) is 29.9 Å². The van der Waals surface area contributed by atoms with Crippen molar-refractivity contribution in [2.75, 3.05) is 0 Å². The molecule has 0 spiro atoms. The number of nitrogens with one attached hydrogen (secondary N) is 1. The fourth-order valence-electron chi connectivity index (χ4n) is 2.93. The highest BCUT2D eigenvalue weighted by Crippen LogP contribution is 2.25. The number of benzene rings is 2. The molecule has 1 unspecified atom stereocenters. The van der Waals surface area contributed by atoms with Crippen molar-refractivity contribution in [3.63, 3.8) is 0 Å². The highest BCUT2D eigenvalue weighted by molar-refractivity contribution is 5.86. The van der Waals surface area contributed by atoms with Gasteiger partial charge in [0.1, 0.15) is 18.4 Å². The van der Waals surface area contributed by atoms with E-state index in [9.17, 15) is 22.8 Å². The summed E-state index contributed by atoms with van der Waals surface area (Å²) in [5, 5.41) is 7.99. The number of carbonyl (C=O) groups excluding carboxylic acids is 2. The summed E-state index contributed by atoms with van der Waals surface area (Å²) in [5.41, 5.74) is 8.71. The summed E-state index contributed by atoms with van der Waals surface area (Å²) in [5.74, 6) is -3.00. The Balaban J connectivity index is 0.000000540. The molecule has 0 aliphatic carbocycles. The Morgan fingerprint density at radius 1 is 1.11 bits per heavy atom. The number of hydrogen-bond donors (Lipinski definition) is 3. The Bertz CT molecular complexity index is 1150. The Hall–Kier alpha value is -3.86. The third kappa shape index (κ3) is 8.78. The first kappa shape index (κ1) is 27.4. The predicted molar refractivity (Wildman–Crippen MR) is 120 cm³/mol. The quantitative estimate of drug-likeness (QED) is 0.317. The zero-order chi connectivity index (χ0) is 26.0. The molecule has 188 valence electrons. The maximum absolute atomic E-state index is 12.2. The lowest BCUT2D eigenvalue weighted by atomic mass is 10.1. The molecule has 3 aromatic rings. The number of aliphatic carboxylic acids is 1. The topological polar surface area (TPSA) is 132 Å². The van der Waals surface area contributed by atoms with Crippen molar-refractivity contribution in [3.8, 4) is 5.75 Å². The number of nitrogens with two attached hydrogens (primary N) is 1. The number of aromatic amines is 1. The fourth-order valence-corrected chi connectivity index (χ4v) is 2.93. The number of rotatable bonds is 8. The Labute approximate surface area is 198 Å². The van der Waals surface area contributed by atoms with E-state index in [-0.39, 0.29) is 12.6 Å². The molecule has 35 heavy (non-hydrogen) atoms. The smallest absolute Gasteiger partial charge is 0.475 e. The second-order valence-corrected chi connectivity index (χ2v) is 7.45. The van der Waals surface area contributed by atoms with Crippen molar-refractivity contribution in [1.29, 1.82) is 0 Å². The molecule has 0 aliphatic rings. The number of alkyl halides is 3. The first-order valence-electron chi connectivity index (χ1n) is 10.6. The van der Waals surface area contributed by atoms with E-state index in [1.807, 2.05) is 49.5 Å². The maximum atomic E-state index is 12.2. The summed E-state index contributed by atoms with van der Waals surface area (Å²) in [6.07, 6.45) is -1.85. The maximum Gasteiger partial charge on any atom is 0.490 e. The Morgan fingerprint density at radius 2 is 1.77 bits per heavy atom. The van der Waals surface area contributed by atoms with Crippen LogP contribution in [0.2, 0.25) is 0 Å². The second kappa shape index (κ2) is 12.6. The van der Waals surface area contributed by atoms with Crippen LogP contribution in [0.15, 0.2) is 54.7 Å². The first-order valence-corrected chi connectivity index (χ1v) is 10.6. The number of aromatic nitrogens is 1. The van der Waals surface area contributed by atoms with Gasteiger partial charge in [-0.05, 0) is 35.7 Å². The van der Waals surface area contributed by atoms with E-state index in [0.717, 1.165) is 28.5 Å². The largest absolute Gasteiger partial charge is 0.490 e. The predicted octanol–water partition coefficient (Wildman–Crippen LogP) is 4.12. The molecule has 2 aromatic carbocycles. The molecular formula is C24H25F3N2O6. The number of fused-ring (bicyclic) bond motifs is 1. The zero-order valence-corrected chi connectivity index (χ0v) is 18.8. The average Bonchev–Trinajstić information content (AvgIpc) is 3.20. The number of ether oxygens (including phenoxy) is 2. The minimum absolute atomic E-state index is 0.193. The highest BCUT2D eigenvalue weighted by atomic mass is 19.4. The van der Waals surface area contributed by atoms with Gasteiger partial charge in [-0.2, -0.15) is 13.2 Å². The van der Waals surface area contributed by atoms with Crippen LogP contribution in [0.5, 0.6) is 5.75 Å². The van der Waals surface area contributed by atoms with E-state index in [4.69, 9.17) is 25.1 Å². The number of esters is 2. The monoisotopic (exact) mass is 494 g/mol. The number of halogens is 3. The second-order valence-electron chi connectivity index (χ2n) is 7.45. The lowest BCUT2D eigenvalue weighted by Gasteiger charge is -2.11. The van der Waals surface area contributed by atoms with Crippen LogP contribution in [0.4, 0.5) is 13.2 Å². The Morgan fingerprint density at radius 3 is 2.37 bits per heavy atom. The molecule has 0 amide bonds. The lowest BCUT2D eigenvalue weighted by molar-refractivity contribution is -0.192. The van der Waals surface area contributed by atoms with Crippen LogP contribution < -0.4 is 10.5 Å². The van der Waals surface area contributed by atoms with Crippen LogP contribution in [0, 0.1) is 0 Å². The van der Waals surface area contributed by atoms with Gasteiger partial charge in [-0.25, -0.2) is 4.79 Å². The number of carboxylic acid groups (broad SMARTS) is 1. The van der Waals surface area contributed by atoms with Crippen LogP contribution in [-0.4, -0.2) is 40.2 Å². The summed E-state index contributed by atoms with van der Waals surface area (Å²) in [6, 6.07) is 14.0. The summed E-state index contributed by atoms with van der Waals surface area (Å²) < 4.78 is 42.4. The average molecular weight is 494 g/mol. The van der Waals surface area contributed by atoms with Crippen LogP contribution in [0.25, 0.3) is 10.9 Å². The van der Waals surface area contributed by atoms with Crippen molar-refractivity contribution in [1.82, 2.24) is 4.98 Å². The van der Waals surface area contributed by atoms with Gasteiger partial charge in [0.05, 0.1) is 0 Å². The molecule has 1 heterocycles. The van der Waals surface area contributed by atoms with Gasteiger partial charge < -0.3 is 25.3 Å².